The first kappa shape index (κ1) is 14.6. The second kappa shape index (κ2) is 5.78. The summed E-state index contributed by atoms with van der Waals surface area (Å²) in [6, 6.07) is 9.23. The first-order valence-corrected chi connectivity index (χ1v) is 7.04. The predicted molar refractivity (Wildman–Crippen MR) is 79.2 cm³/mol. The second-order valence-electron chi connectivity index (χ2n) is 5.39. The third-order valence-corrected chi connectivity index (χ3v) is 3.79. The molecule has 2 amide bonds. The summed E-state index contributed by atoms with van der Waals surface area (Å²) < 4.78 is 0. The molecule has 1 aliphatic rings. The largest absolute Gasteiger partial charge is 0.388 e. The summed E-state index contributed by atoms with van der Waals surface area (Å²) in [6.07, 6.45) is -1.85. The van der Waals surface area contributed by atoms with Gasteiger partial charge in [0.2, 0.25) is 5.91 Å². The minimum Gasteiger partial charge on any atom is -0.388 e. The van der Waals surface area contributed by atoms with E-state index in [1.54, 1.807) is 6.07 Å². The Bertz CT molecular complexity index is 669. The van der Waals surface area contributed by atoms with Gasteiger partial charge in [-0.25, -0.2) is 0 Å². The third kappa shape index (κ3) is 2.81. The fourth-order valence-corrected chi connectivity index (χ4v) is 2.53. The summed E-state index contributed by atoms with van der Waals surface area (Å²) >= 11 is 0. The van der Waals surface area contributed by atoms with Crippen molar-refractivity contribution in [2.75, 3.05) is 19.6 Å². The summed E-state index contributed by atoms with van der Waals surface area (Å²) in [6.45, 7) is -0.00183. The van der Waals surface area contributed by atoms with Crippen LogP contribution < -0.4 is 5.32 Å². The van der Waals surface area contributed by atoms with E-state index >= 15 is 0 Å². The molecule has 2 atom stereocenters. The van der Waals surface area contributed by atoms with Gasteiger partial charge >= 0.3 is 0 Å². The van der Waals surface area contributed by atoms with Crippen LogP contribution >= 0.6 is 0 Å². The van der Waals surface area contributed by atoms with Crippen molar-refractivity contribution in [1.82, 2.24) is 15.2 Å². The zero-order valence-electron chi connectivity index (χ0n) is 11.8. The molecule has 0 spiro atoms. The smallest absolute Gasteiger partial charge is 0.268 e. The van der Waals surface area contributed by atoms with Gasteiger partial charge < -0.3 is 25.4 Å². The van der Waals surface area contributed by atoms with Crippen LogP contribution in [0.4, 0.5) is 0 Å². The molecule has 1 aromatic carbocycles. The summed E-state index contributed by atoms with van der Waals surface area (Å²) in [4.78, 5) is 28.3. The SMILES string of the molecule is O=C(NCC(=O)N1C[C@@H](O)[C@@H](O)C1)c1cc2ccccc2[nH]1. The van der Waals surface area contributed by atoms with E-state index in [2.05, 4.69) is 10.3 Å². The highest BCUT2D eigenvalue weighted by atomic mass is 16.3. The molecule has 116 valence electrons. The number of aromatic amines is 1. The Labute approximate surface area is 126 Å². The molecular formula is C15H17N3O4. The number of nitrogens with zero attached hydrogens (tertiary/aromatic N) is 1. The van der Waals surface area contributed by atoms with Gasteiger partial charge in [0.15, 0.2) is 0 Å². The molecule has 0 bridgehead atoms. The number of benzene rings is 1. The van der Waals surface area contributed by atoms with Crippen LogP contribution in [-0.4, -0.2) is 63.8 Å². The van der Waals surface area contributed by atoms with Gasteiger partial charge in [-0.1, -0.05) is 18.2 Å². The normalized spacial score (nSPS) is 21.3. The molecule has 1 aromatic heterocycles. The van der Waals surface area contributed by atoms with Crippen molar-refractivity contribution < 1.29 is 19.8 Å². The van der Waals surface area contributed by atoms with E-state index in [1.165, 1.54) is 4.90 Å². The van der Waals surface area contributed by atoms with Crippen molar-refractivity contribution in [3.8, 4) is 0 Å². The van der Waals surface area contributed by atoms with Crippen LogP contribution in [0.1, 0.15) is 10.5 Å². The summed E-state index contributed by atoms with van der Waals surface area (Å²) in [5.41, 5.74) is 1.24. The van der Waals surface area contributed by atoms with Gasteiger partial charge in [0.1, 0.15) is 5.69 Å². The van der Waals surface area contributed by atoms with Crippen molar-refractivity contribution in [1.29, 1.82) is 0 Å². The highest BCUT2D eigenvalue weighted by molar-refractivity contribution is 5.99. The van der Waals surface area contributed by atoms with Crippen molar-refractivity contribution >= 4 is 22.7 Å². The van der Waals surface area contributed by atoms with E-state index in [-0.39, 0.29) is 31.4 Å². The van der Waals surface area contributed by atoms with Crippen LogP contribution in [0.25, 0.3) is 10.9 Å². The Morgan fingerprint density at radius 2 is 1.91 bits per heavy atom. The number of amides is 2. The van der Waals surface area contributed by atoms with E-state index in [9.17, 15) is 19.8 Å². The van der Waals surface area contributed by atoms with E-state index in [1.807, 2.05) is 24.3 Å². The van der Waals surface area contributed by atoms with Crippen molar-refractivity contribution in [3.05, 3.63) is 36.0 Å². The molecule has 4 N–H and O–H groups in total. The Balaban J connectivity index is 1.59. The topological polar surface area (TPSA) is 106 Å². The molecule has 7 heteroatoms. The van der Waals surface area contributed by atoms with Crippen molar-refractivity contribution in [3.63, 3.8) is 0 Å². The molecule has 22 heavy (non-hydrogen) atoms. The van der Waals surface area contributed by atoms with Crippen LogP contribution in [0.3, 0.4) is 0 Å². The number of carbonyl (C=O) groups is 2. The molecule has 3 rings (SSSR count). The third-order valence-electron chi connectivity index (χ3n) is 3.79. The highest BCUT2D eigenvalue weighted by Crippen LogP contribution is 2.14. The number of para-hydroxylation sites is 1. The quantitative estimate of drug-likeness (QED) is 0.611. The number of aliphatic hydroxyl groups excluding tert-OH is 2. The number of likely N-dealkylation sites (tertiary alicyclic amines) is 1. The Hall–Kier alpha value is -2.38. The molecule has 0 unspecified atom stereocenters. The van der Waals surface area contributed by atoms with Crippen LogP contribution in [-0.2, 0) is 4.79 Å². The van der Waals surface area contributed by atoms with E-state index in [4.69, 9.17) is 0 Å². The van der Waals surface area contributed by atoms with Crippen LogP contribution in [0.15, 0.2) is 30.3 Å². The molecule has 1 aliphatic heterocycles. The number of rotatable bonds is 3. The molecule has 1 saturated heterocycles. The molecule has 0 aliphatic carbocycles. The molecular weight excluding hydrogens is 286 g/mol. The monoisotopic (exact) mass is 303 g/mol. The van der Waals surface area contributed by atoms with Crippen molar-refractivity contribution in [2.24, 2.45) is 0 Å². The van der Waals surface area contributed by atoms with Crippen LogP contribution in [0, 0.1) is 0 Å². The fourth-order valence-electron chi connectivity index (χ4n) is 2.53. The molecule has 0 radical (unpaired) electrons. The lowest BCUT2D eigenvalue weighted by atomic mass is 10.2. The summed E-state index contributed by atoms with van der Waals surface area (Å²) in [7, 11) is 0. The number of β-amino-alcohol motifs (C(OH)–C–C–N with tert-alkyl or cyclic N) is 2. The first-order valence-electron chi connectivity index (χ1n) is 7.04. The minimum atomic E-state index is -0.923. The standard InChI is InChI=1S/C15H17N3O4/c19-12-7-18(8-13(12)20)14(21)6-16-15(22)11-5-9-3-1-2-4-10(9)17-11/h1-5,12-13,17,19-20H,6-8H2,(H,16,22)/t12-,13+. The average Bonchev–Trinajstić information content (AvgIpc) is 3.08. The van der Waals surface area contributed by atoms with Gasteiger partial charge in [0.05, 0.1) is 18.8 Å². The van der Waals surface area contributed by atoms with Gasteiger partial charge in [-0.15, -0.1) is 0 Å². The minimum absolute atomic E-state index is 0.0856. The van der Waals surface area contributed by atoms with Crippen molar-refractivity contribution in [2.45, 2.75) is 12.2 Å². The molecule has 0 saturated carbocycles. The average molecular weight is 303 g/mol. The van der Waals surface area contributed by atoms with Gasteiger partial charge in [0, 0.05) is 24.0 Å². The number of aromatic nitrogens is 1. The Kier molecular flexibility index (Phi) is 3.82. The van der Waals surface area contributed by atoms with Gasteiger partial charge in [0.25, 0.3) is 5.91 Å². The Morgan fingerprint density at radius 3 is 2.59 bits per heavy atom. The van der Waals surface area contributed by atoms with E-state index in [0.717, 1.165) is 10.9 Å². The second-order valence-corrected chi connectivity index (χ2v) is 5.39. The van der Waals surface area contributed by atoms with Crippen LogP contribution in [0.5, 0.6) is 0 Å². The lowest BCUT2D eigenvalue weighted by Gasteiger charge is -2.15. The van der Waals surface area contributed by atoms with Gasteiger partial charge in [-0.3, -0.25) is 9.59 Å². The van der Waals surface area contributed by atoms with Crippen LogP contribution in [0.2, 0.25) is 0 Å². The van der Waals surface area contributed by atoms with Gasteiger partial charge in [-0.05, 0) is 12.1 Å². The maximum Gasteiger partial charge on any atom is 0.268 e. The molecule has 2 heterocycles. The lowest BCUT2D eigenvalue weighted by Crippen LogP contribution is -2.39. The number of fused-ring (bicyclic) bond motifs is 1. The number of aliphatic hydroxyl groups is 2. The number of carbonyl (C=O) groups excluding carboxylic acids is 2. The van der Waals surface area contributed by atoms with E-state index < -0.39 is 12.2 Å². The van der Waals surface area contributed by atoms with E-state index in [0.29, 0.717) is 5.69 Å². The number of nitrogens with one attached hydrogen (secondary N) is 2. The number of H-pyrrole nitrogens is 1. The highest BCUT2D eigenvalue weighted by Gasteiger charge is 2.32. The first-order chi connectivity index (χ1) is 10.5. The maximum absolute atomic E-state index is 12.1. The lowest BCUT2D eigenvalue weighted by molar-refractivity contribution is -0.129. The zero-order chi connectivity index (χ0) is 15.7. The zero-order valence-corrected chi connectivity index (χ0v) is 11.8. The Morgan fingerprint density at radius 1 is 1.23 bits per heavy atom. The molecule has 1 fully saturated rings. The molecule has 2 aromatic rings. The summed E-state index contributed by atoms with van der Waals surface area (Å²) in [5.74, 6) is -0.704. The molecule has 7 nitrogen and oxygen atoms in total. The number of hydrogen-bond donors (Lipinski definition) is 4. The fraction of sp³-hybridized carbons (Fsp3) is 0.333. The van der Waals surface area contributed by atoms with Gasteiger partial charge in [-0.2, -0.15) is 0 Å². The predicted octanol–water partition coefficient (Wildman–Crippen LogP) is -0.538. The number of hydrogen-bond acceptors (Lipinski definition) is 4. The summed E-state index contributed by atoms with van der Waals surface area (Å²) in [5, 5.41) is 22.3. The maximum atomic E-state index is 12.1.